The van der Waals surface area contributed by atoms with Crippen LogP contribution >= 0.6 is 11.6 Å². The Bertz CT molecular complexity index is 770. The van der Waals surface area contributed by atoms with Gasteiger partial charge in [0.25, 0.3) is 5.91 Å². The number of benzene rings is 2. The molecule has 0 bridgehead atoms. The molecule has 2 aromatic carbocycles. The molecule has 0 radical (unpaired) electrons. The van der Waals surface area contributed by atoms with Crippen molar-refractivity contribution in [2.45, 2.75) is 38.3 Å². The zero-order chi connectivity index (χ0) is 16.5. The van der Waals surface area contributed by atoms with Gasteiger partial charge in [0.1, 0.15) is 0 Å². The van der Waals surface area contributed by atoms with Crippen LogP contribution in [-0.4, -0.2) is 23.4 Å². The number of hydrogen-bond donors (Lipinski definition) is 1. The molecule has 124 valence electrons. The van der Waals surface area contributed by atoms with Gasteiger partial charge in [0, 0.05) is 24.8 Å². The second kappa shape index (κ2) is 6.58. The number of hydrogen-bond acceptors (Lipinski definition) is 2. The molecule has 3 nitrogen and oxygen atoms in total. The number of carbonyl (C=O) groups excluding carboxylic acids is 1. The van der Waals surface area contributed by atoms with Gasteiger partial charge in [-0.2, -0.15) is 0 Å². The molecule has 0 unspecified atom stereocenters. The van der Waals surface area contributed by atoms with Gasteiger partial charge in [-0.05, 0) is 54.7 Å². The van der Waals surface area contributed by atoms with E-state index in [-0.39, 0.29) is 5.91 Å². The van der Waals surface area contributed by atoms with E-state index in [1.54, 1.807) is 12.1 Å². The maximum Gasteiger partial charge on any atom is 0.257 e. The van der Waals surface area contributed by atoms with Gasteiger partial charge < -0.3 is 5.32 Å². The van der Waals surface area contributed by atoms with Crippen LogP contribution in [0.5, 0.6) is 0 Å². The fourth-order valence-corrected chi connectivity index (χ4v) is 3.79. The van der Waals surface area contributed by atoms with Gasteiger partial charge in [-0.3, -0.25) is 9.69 Å². The predicted octanol–water partition coefficient (Wildman–Crippen LogP) is 4.50. The van der Waals surface area contributed by atoms with Gasteiger partial charge in [-0.25, -0.2) is 0 Å². The van der Waals surface area contributed by atoms with Gasteiger partial charge >= 0.3 is 0 Å². The van der Waals surface area contributed by atoms with E-state index in [0.717, 1.165) is 31.2 Å². The molecular weight excluding hydrogens is 320 g/mol. The third-order valence-electron chi connectivity index (χ3n) is 5.22. The molecule has 1 heterocycles. The Morgan fingerprint density at radius 1 is 1.12 bits per heavy atom. The average molecular weight is 341 g/mol. The second-order valence-corrected chi connectivity index (χ2v) is 7.13. The monoisotopic (exact) mass is 340 g/mol. The standard InChI is InChI=1S/C20H21ClN2O/c21-19-7-2-1-6-18(19)20(24)22-16-9-8-14-10-11-23(13-15(14)12-16)17-4-3-5-17/h1-2,6-9,12,17H,3-5,10-11,13H2,(H,22,24). The topological polar surface area (TPSA) is 32.3 Å². The molecular formula is C20H21ClN2O. The Morgan fingerprint density at radius 2 is 1.96 bits per heavy atom. The summed E-state index contributed by atoms with van der Waals surface area (Å²) in [6.45, 7) is 2.15. The van der Waals surface area contributed by atoms with E-state index < -0.39 is 0 Å². The first kappa shape index (κ1) is 15.7. The summed E-state index contributed by atoms with van der Waals surface area (Å²) in [5.74, 6) is -0.160. The van der Waals surface area contributed by atoms with Gasteiger partial charge in [0.2, 0.25) is 0 Å². The minimum absolute atomic E-state index is 0.160. The van der Waals surface area contributed by atoms with Crippen LogP contribution in [0, 0.1) is 0 Å². The Hall–Kier alpha value is -1.84. The van der Waals surface area contributed by atoms with E-state index in [4.69, 9.17) is 11.6 Å². The summed E-state index contributed by atoms with van der Waals surface area (Å²) < 4.78 is 0. The molecule has 1 fully saturated rings. The number of nitrogens with zero attached hydrogens (tertiary/aromatic N) is 1. The summed E-state index contributed by atoms with van der Waals surface area (Å²) in [5.41, 5.74) is 4.09. The number of amides is 1. The molecule has 0 spiro atoms. The maximum absolute atomic E-state index is 12.4. The number of anilines is 1. The zero-order valence-electron chi connectivity index (χ0n) is 13.6. The molecule has 4 rings (SSSR count). The highest BCUT2D eigenvalue weighted by molar-refractivity contribution is 6.34. The lowest BCUT2D eigenvalue weighted by atomic mass is 9.88. The van der Waals surface area contributed by atoms with Gasteiger partial charge in [-0.1, -0.05) is 36.2 Å². The summed E-state index contributed by atoms with van der Waals surface area (Å²) in [4.78, 5) is 15.0. The SMILES string of the molecule is O=C(Nc1ccc2c(c1)CN(C1CCC1)CC2)c1ccccc1Cl. The van der Waals surface area contributed by atoms with E-state index in [1.807, 2.05) is 18.2 Å². The summed E-state index contributed by atoms with van der Waals surface area (Å²) in [7, 11) is 0. The molecule has 1 saturated carbocycles. The first-order valence-corrected chi connectivity index (χ1v) is 9.00. The van der Waals surface area contributed by atoms with Crippen molar-refractivity contribution in [2.75, 3.05) is 11.9 Å². The highest BCUT2D eigenvalue weighted by Crippen LogP contribution is 2.31. The molecule has 1 aliphatic carbocycles. The van der Waals surface area contributed by atoms with E-state index in [1.165, 1.54) is 30.4 Å². The van der Waals surface area contributed by atoms with E-state index in [0.29, 0.717) is 10.6 Å². The zero-order valence-corrected chi connectivity index (χ0v) is 14.4. The molecule has 0 aromatic heterocycles. The summed E-state index contributed by atoms with van der Waals surface area (Å²) in [6.07, 6.45) is 5.13. The van der Waals surface area contributed by atoms with Gasteiger partial charge in [-0.15, -0.1) is 0 Å². The van der Waals surface area contributed by atoms with Crippen LogP contribution in [0.3, 0.4) is 0 Å². The molecule has 1 aliphatic heterocycles. The van der Waals surface area contributed by atoms with Crippen LogP contribution in [0.15, 0.2) is 42.5 Å². The van der Waals surface area contributed by atoms with Crippen molar-refractivity contribution >= 4 is 23.2 Å². The maximum atomic E-state index is 12.4. The van der Waals surface area contributed by atoms with Crippen molar-refractivity contribution in [3.05, 3.63) is 64.2 Å². The number of carbonyl (C=O) groups is 1. The fraction of sp³-hybridized carbons (Fsp3) is 0.350. The third-order valence-corrected chi connectivity index (χ3v) is 5.55. The smallest absolute Gasteiger partial charge is 0.257 e. The summed E-state index contributed by atoms with van der Waals surface area (Å²) in [6, 6.07) is 14.2. The van der Waals surface area contributed by atoms with Crippen molar-refractivity contribution < 1.29 is 4.79 Å². The second-order valence-electron chi connectivity index (χ2n) is 6.72. The van der Waals surface area contributed by atoms with Gasteiger partial charge in [0.05, 0.1) is 10.6 Å². The molecule has 2 aliphatic rings. The fourth-order valence-electron chi connectivity index (χ4n) is 3.56. The van der Waals surface area contributed by atoms with E-state index in [9.17, 15) is 4.79 Å². The van der Waals surface area contributed by atoms with Gasteiger partial charge in [0.15, 0.2) is 0 Å². The van der Waals surface area contributed by atoms with Crippen LogP contribution in [0.2, 0.25) is 5.02 Å². The number of rotatable bonds is 3. The summed E-state index contributed by atoms with van der Waals surface area (Å²) in [5, 5.41) is 3.46. The Labute approximate surface area is 147 Å². The van der Waals surface area contributed by atoms with Crippen molar-refractivity contribution in [3.63, 3.8) is 0 Å². The Balaban J connectivity index is 1.51. The van der Waals surface area contributed by atoms with E-state index >= 15 is 0 Å². The largest absolute Gasteiger partial charge is 0.322 e. The molecule has 24 heavy (non-hydrogen) atoms. The molecule has 1 amide bonds. The first-order valence-electron chi connectivity index (χ1n) is 8.62. The highest BCUT2D eigenvalue weighted by Gasteiger charge is 2.27. The number of fused-ring (bicyclic) bond motifs is 1. The van der Waals surface area contributed by atoms with Crippen molar-refractivity contribution in [2.24, 2.45) is 0 Å². The van der Waals surface area contributed by atoms with E-state index in [2.05, 4.69) is 22.3 Å². The average Bonchev–Trinajstić information content (AvgIpc) is 2.53. The van der Waals surface area contributed by atoms with Crippen LogP contribution < -0.4 is 5.32 Å². The lowest BCUT2D eigenvalue weighted by Gasteiger charge is -2.40. The minimum Gasteiger partial charge on any atom is -0.322 e. The van der Waals surface area contributed by atoms with Crippen LogP contribution in [0.25, 0.3) is 0 Å². The molecule has 1 N–H and O–H groups in total. The third kappa shape index (κ3) is 3.06. The molecule has 4 heteroatoms. The lowest BCUT2D eigenvalue weighted by molar-refractivity contribution is 0.102. The summed E-state index contributed by atoms with van der Waals surface area (Å²) >= 11 is 6.11. The predicted molar refractivity (Wildman–Crippen MR) is 97.6 cm³/mol. The number of halogens is 1. The van der Waals surface area contributed by atoms with Crippen LogP contribution in [0.4, 0.5) is 5.69 Å². The molecule has 0 atom stereocenters. The first-order chi connectivity index (χ1) is 11.7. The molecule has 0 saturated heterocycles. The van der Waals surface area contributed by atoms with Crippen molar-refractivity contribution in [3.8, 4) is 0 Å². The molecule has 2 aromatic rings. The number of nitrogens with one attached hydrogen (secondary N) is 1. The van der Waals surface area contributed by atoms with Crippen molar-refractivity contribution in [1.82, 2.24) is 4.90 Å². The highest BCUT2D eigenvalue weighted by atomic mass is 35.5. The Morgan fingerprint density at radius 3 is 2.71 bits per heavy atom. The van der Waals surface area contributed by atoms with Crippen LogP contribution in [-0.2, 0) is 13.0 Å². The van der Waals surface area contributed by atoms with Crippen molar-refractivity contribution in [1.29, 1.82) is 0 Å². The quantitative estimate of drug-likeness (QED) is 0.892. The van der Waals surface area contributed by atoms with Crippen LogP contribution in [0.1, 0.15) is 40.7 Å². The minimum atomic E-state index is -0.160. The Kier molecular flexibility index (Phi) is 4.30. The normalized spacial score (nSPS) is 17.9. The lowest BCUT2D eigenvalue weighted by Crippen LogP contribution is -2.43.